The van der Waals surface area contributed by atoms with Gasteiger partial charge in [0.25, 0.3) is 0 Å². The molecule has 0 saturated carbocycles. The van der Waals surface area contributed by atoms with Gasteiger partial charge in [-0.05, 0) is 25.0 Å². The second-order valence-electron chi connectivity index (χ2n) is 6.42. The number of pyridine rings is 1. The Morgan fingerprint density at radius 2 is 2.12 bits per heavy atom. The van der Waals surface area contributed by atoms with Crippen LogP contribution in [-0.4, -0.2) is 40.9 Å². The summed E-state index contributed by atoms with van der Waals surface area (Å²) < 4.78 is 1.87. The highest BCUT2D eigenvalue weighted by Crippen LogP contribution is 2.22. The van der Waals surface area contributed by atoms with Crippen LogP contribution >= 0.6 is 12.4 Å². The molecule has 4 rings (SSSR count). The van der Waals surface area contributed by atoms with Crippen LogP contribution in [0.1, 0.15) is 18.4 Å². The average Bonchev–Trinajstić information content (AvgIpc) is 3.29. The van der Waals surface area contributed by atoms with Crippen molar-refractivity contribution in [3.8, 4) is 6.07 Å². The van der Waals surface area contributed by atoms with Crippen LogP contribution in [0.3, 0.4) is 0 Å². The molecule has 2 aliphatic rings. The molecule has 0 aliphatic carbocycles. The summed E-state index contributed by atoms with van der Waals surface area (Å²) in [5.41, 5.74) is 1.82. The van der Waals surface area contributed by atoms with E-state index in [4.69, 9.17) is 5.26 Å². The first kappa shape index (κ1) is 17.4. The molecule has 1 atom stereocenters. The molecule has 2 aromatic rings. The maximum Gasteiger partial charge on any atom is 0.142 e. The number of halogens is 1. The number of anilines is 3. The molecule has 7 nitrogen and oxygen atoms in total. The Hall–Kier alpha value is -2.46. The third-order valence-electron chi connectivity index (χ3n) is 4.74. The molecule has 8 heteroatoms. The summed E-state index contributed by atoms with van der Waals surface area (Å²) in [6.45, 7) is 4.74. The smallest absolute Gasteiger partial charge is 0.142 e. The Morgan fingerprint density at radius 1 is 1.28 bits per heavy atom. The fourth-order valence-corrected chi connectivity index (χ4v) is 3.38. The summed E-state index contributed by atoms with van der Waals surface area (Å²) in [7, 11) is 0. The van der Waals surface area contributed by atoms with E-state index in [9.17, 15) is 0 Å². The average molecular weight is 360 g/mol. The third-order valence-corrected chi connectivity index (χ3v) is 4.74. The lowest BCUT2D eigenvalue weighted by Crippen LogP contribution is -2.32. The zero-order valence-electron chi connectivity index (χ0n) is 14.0. The van der Waals surface area contributed by atoms with Crippen molar-refractivity contribution in [1.29, 1.82) is 5.26 Å². The molecule has 2 aromatic heterocycles. The fourth-order valence-electron chi connectivity index (χ4n) is 3.38. The highest BCUT2D eigenvalue weighted by molar-refractivity contribution is 5.85. The molecule has 25 heavy (non-hydrogen) atoms. The van der Waals surface area contributed by atoms with Crippen molar-refractivity contribution < 1.29 is 0 Å². The van der Waals surface area contributed by atoms with Crippen molar-refractivity contribution in [3.05, 3.63) is 30.1 Å². The van der Waals surface area contributed by atoms with Gasteiger partial charge in [-0.15, -0.1) is 12.4 Å². The molecule has 0 bridgehead atoms. The minimum absolute atomic E-state index is 0. The Bertz CT molecular complexity index is 743. The molecule has 0 radical (unpaired) electrons. The van der Waals surface area contributed by atoms with Crippen LogP contribution in [0.15, 0.2) is 24.5 Å². The van der Waals surface area contributed by atoms with Gasteiger partial charge in [-0.3, -0.25) is 0 Å². The predicted molar refractivity (Wildman–Crippen MR) is 100 cm³/mol. The van der Waals surface area contributed by atoms with Crippen LogP contribution in [0, 0.1) is 17.2 Å². The molecule has 1 saturated heterocycles. The number of nitrogens with one attached hydrogen (secondary N) is 2. The van der Waals surface area contributed by atoms with Crippen LogP contribution in [0.2, 0.25) is 0 Å². The van der Waals surface area contributed by atoms with E-state index >= 15 is 0 Å². The number of hydrogen-bond acceptors (Lipinski definition) is 6. The first-order chi connectivity index (χ1) is 11.8. The van der Waals surface area contributed by atoms with Gasteiger partial charge in [0.15, 0.2) is 0 Å². The third kappa shape index (κ3) is 3.64. The van der Waals surface area contributed by atoms with Crippen molar-refractivity contribution in [1.82, 2.24) is 14.8 Å². The SMILES string of the molecule is Cl.N#Cc1cnn2c1NCC(CNc1ccc(N3CCCC3)cn1)C2. The van der Waals surface area contributed by atoms with E-state index in [1.54, 1.807) is 6.20 Å². The molecule has 1 fully saturated rings. The standard InChI is InChI=1S/C17H21N7.ClH/c18-7-14-10-22-24-12-13(9-21-17(14)24)8-19-16-4-3-15(11-20-16)23-5-1-2-6-23;/h3-4,10-11,13,21H,1-2,5-6,8-9,12H2,(H,19,20);1H. The molecule has 0 amide bonds. The molecular weight excluding hydrogens is 338 g/mol. The summed E-state index contributed by atoms with van der Waals surface area (Å²) in [6.07, 6.45) is 6.13. The van der Waals surface area contributed by atoms with Crippen LogP contribution in [0.5, 0.6) is 0 Å². The predicted octanol–water partition coefficient (Wildman–Crippen LogP) is 2.33. The van der Waals surface area contributed by atoms with E-state index in [2.05, 4.69) is 43.8 Å². The summed E-state index contributed by atoms with van der Waals surface area (Å²) in [5.74, 6) is 2.15. The maximum absolute atomic E-state index is 9.03. The van der Waals surface area contributed by atoms with Crippen molar-refractivity contribution >= 4 is 29.7 Å². The van der Waals surface area contributed by atoms with Gasteiger partial charge in [0.1, 0.15) is 23.3 Å². The van der Waals surface area contributed by atoms with E-state index in [-0.39, 0.29) is 12.4 Å². The van der Waals surface area contributed by atoms with E-state index in [1.165, 1.54) is 18.5 Å². The minimum atomic E-state index is 0. The van der Waals surface area contributed by atoms with Gasteiger partial charge in [-0.1, -0.05) is 0 Å². The minimum Gasteiger partial charge on any atom is -0.370 e. The summed E-state index contributed by atoms with van der Waals surface area (Å²) >= 11 is 0. The molecule has 4 heterocycles. The van der Waals surface area contributed by atoms with Crippen LogP contribution in [0.25, 0.3) is 0 Å². The normalized spacial score (nSPS) is 18.7. The molecule has 0 aromatic carbocycles. The van der Waals surface area contributed by atoms with Gasteiger partial charge in [0.05, 0.1) is 18.1 Å². The van der Waals surface area contributed by atoms with E-state index in [1.807, 2.05) is 10.9 Å². The second kappa shape index (κ2) is 7.62. The Labute approximate surface area is 153 Å². The van der Waals surface area contributed by atoms with E-state index < -0.39 is 0 Å². The fraction of sp³-hybridized carbons (Fsp3) is 0.471. The lowest BCUT2D eigenvalue weighted by molar-refractivity contribution is 0.431. The highest BCUT2D eigenvalue weighted by Gasteiger charge is 2.21. The van der Waals surface area contributed by atoms with Crippen molar-refractivity contribution in [2.75, 3.05) is 41.7 Å². The van der Waals surface area contributed by atoms with Crippen molar-refractivity contribution in [2.24, 2.45) is 5.92 Å². The number of nitrogens with zero attached hydrogens (tertiary/aromatic N) is 5. The van der Waals surface area contributed by atoms with Gasteiger partial charge in [-0.2, -0.15) is 10.4 Å². The van der Waals surface area contributed by atoms with E-state index in [0.717, 1.165) is 44.4 Å². The number of aromatic nitrogens is 3. The summed E-state index contributed by atoms with van der Waals surface area (Å²) in [5, 5.41) is 20.0. The first-order valence-corrected chi connectivity index (χ1v) is 8.48. The van der Waals surface area contributed by atoms with Crippen LogP contribution in [-0.2, 0) is 6.54 Å². The number of rotatable bonds is 4. The molecule has 0 spiro atoms. The quantitative estimate of drug-likeness (QED) is 0.871. The van der Waals surface area contributed by atoms with Crippen molar-refractivity contribution in [3.63, 3.8) is 0 Å². The lowest BCUT2D eigenvalue weighted by Gasteiger charge is -2.25. The van der Waals surface area contributed by atoms with Gasteiger partial charge in [0.2, 0.25) is 0 Å². The van der Waals surface area contributed by atoms with Crippen LogP contribution < -0.4 is 15.5 Å². The topological polar surface area (TPSA) is 81.8 Å². The van der Waals surface area contributed by atoms with Gasteiger partial charge >= 0.3 is 0 Å². The monoisotopic (exact) mass is 359 g/mol. The zero-order chi connectivity index (χ0) is 16.4. The van der Waals surface area contributed by atoms with Gasteiger partial charge < -0.3 is 15.5 Å². The number of hydrogen-bond donors (Lipinski definition) is 2. The van der Waals surface area contributed by atoms with Gasteiger partial charge in [0, 0.05) is 38.6 Å². The molecule has 1 unspecified atom stereocenters. The molecular formula is C17H22ClN7. The van der Waals surface area contributed by atoms with Gasteiger partial charge in [-0.25, -0.2) is 9.67 Å². The lowest BCUT2D eigenvalue weighted by atomic mass is 10.1. The van der Waals surface area contributed by atoms with Crippen molar-refractivity contribution in [2.45, 2.75) is 19.4 Å². The van der Waals surface area contributed by atoms with Crippen LogP contribution in [0.4, 0.5) is 17.3 Å². The second-order valence-corrected chi connectivity index (χ2v) is 6.42. The summed E-state index contributed by atoms with van der Waals surface area (Å²) in [6, 6.07) is 6.36. The number of fused-ring (bicyclic) bond motifs is 1. The Kier molecular flexibility index (Phi) is 5.29. The first-order valence-electron chi connectivity index (χ1n) is 8.48. The molecule has 2 N–H and O–H groups in total. The Morgan fingerprint density at radius 3 is 2.84 bits per heavy atom. The molecule has 132 valence electrons. The largest absolute Gasteiger partial charge is 0.370 e. The van der Waals surface area contributed by atoms with E-state index in [0.29, 0.717) is 11.5 Å². The molecule has 2 aliphatic heterocycles. The number of nitriles is 1. The maximum atomic E-state index is 9.03. The zero-order valence-corrected chi connectivity index (χ0v) is 14.8. The highest BCUT2D eigenvalue weighted by atomic mass is 35.5. The summed E-state index contributed by atoms with van der Waals surface area (Å²) in [4.78, 5) is 6.91. The Balaban J connectivity index is 0.00000182.